The van der Waals surface area contributed by atoms with Crippen LogP contribution in [0.3, 0.4) is 0 Å². The number of nitrogens with zero attached hydrogens (tertiary/aromatic N) is 1. The smallest absolute Gasteiger partial charge is 0.215 e. The minimum Gasteiger partial charge on any atom is -0.376 e. The highest BCUT2D eigenvalue weighted by atomic mass is 32.2. The lowest BCUT2D eigenvalue weighted by molar-refractivity contribution is 0.0102. The lowest BCUT2D eigenvalue weighted by atomic mass is 10.1. The van der Waals surface area contributed by atoms with Crippen LogP contribution in [-0.2, 0) is 31.2 Å². The molecule has 142 valence electrons. The molecule has 0 aromatic heterocycles. The Kier molecular flexibility index (Phi) is 7.38. The van der Waals surface area contributed by atoms with Gasteiger partial charge in [-0.25, -0.2) is 21.6 Å². The van der Waals surface area contributed by atoms with Crippen molar-refractivity contribution in [1.82, 2.24) is 9.03 Å². The molecule has 1 fully saturated rings. The number of hydrogen-bond donors (Lipinski definition) is 1. The fourth-order valence-electron chi connectivity index (χ4n) is 2.68. The number of sulfonamides is 2. The van der Waals surface area contributed by atoms with Crippen LogP contribution in [0.4, 0.5) is 0 Å². The Morgan fingerprint density at radius 1 is 1.16 bits per heavy atom. The molecule has 7 nitrogen and oxygen atoms in total. The van der Waals surface area contributed by atoms with Crippen molar-refractivity contribution in [2.75, 3.05) is 37.7 Å². The quantitative estimate of drug-likeness (QED) is 0.666. The van der Waals surface area contributed by atoms with Crippen molar-refractivity contribution in [3.63, 3.8) is 0 Å². The van der Waals surface area contributed by atoms with E-state index in [9.17, 15) is 16.8 Å². The Morgan fingerprint density at radius 2 is 1.88 bits per heavy atom. The lowest BCUT2D eigenvalue weighted by Gasteiger charge is -2.30. The monoisotopic (exact) mass is 390 g/mol. The molecule has 2 rings (SSSR count). The maximum atomic E-state index is 12.3. The number of ether oxygens (including phenoxy) is 1. The highest BCUT2D eigenvalue weighted by Gasteiger charge is 2.27. The molecular weight excluding hydrogens is 364 g/mol. The van der Waals surface area contributed by atoms with Gasteiger partial charge in [-0.05, 0) is 25.3 Å². The maximum Gasteiger partial charge on any atom is 0.215 e. The second-order valence-corrected chi connectivity index (χ2v) is 10.2. The van der Waals surface area contributed by atoms with Gasteiger partial charge in [0.2, 0.25) is 20.0 Å². The van der Waals surface area contributed by atoms with Gasteiger partial charge >= 0.3 is 0 Å². The minimum absolute atomic E-state index is 0.0173. The summed E-state index contributed by atoms with van der Waals surface area (Å²) in [6.07, 6.45) is 1.02. The van der Waals surface area contributed by atoms with Crippen molar-refractivity contribution in [2.45, 2.75) is 25.9 Å². The molecule has 1 unspecified atom stereocenters. The number of aryl methyl sites for hydroxylation is 1. The van der Waals surface area contributed by atoms with Crippen LogP contribution in [0.15, 0.2) is 30.3 Å². The molecule has 0 aliphatic carbocycles. The molecule has 0 bridgehead atoms. The van der Waals surface area contributed by atoms with Crippen LogP contribution in [0.5, 0.6) is 0 Å². The molecule has 9 heteroatoms. The van der Waals surface area contributed by atoms with Crippen LogP contribution in [0.1, 0.15) is 18.9 Å². The Balaban J connectivity index is 1.73. The van der Waals surface area contributed by atoms with E-state index in [1.54, 1.807) is 0 Å². The number of rotatable bonds is 9. The molecule has 0 amide bonds. The third kappa shape index (κ3) is 7.02. The van der Waals surface area contributed by atoms with Crippen molar-refractivity contribution < 1.29 is 21.6 Å². The van der Waals surface area contributed by atoms with Gasteiger partial charge in [-0.15, -0.1) is 0 Å². The summed E-state index contributed by atoms with van der Waals surface area (Å²) in [5.41, 5.74) is 1.08. The topological polar surface area (TPSA) is 92.8 Å². The molecule has 1 aliphatic heterocycles. The van der Waals surface area contributed by atoms with Gasteiger partial charge in [0.05, 0.1) is 24.2 Å². The van der Waals surface area contributed by atoms with E-state index in [4.69, 9.17) is 4.74 Å². The normalized spacial score (nSPS) is 19.8. The van der Waals surface area contributed by atoms with Crippen molar-refractivity contribution in [2.24, 2.45) is 0 Å². The minimum atomic E-state index is -3.48. The molecule has 1 aromatic rings. The molecule has 1 aliphatic rings. The summed E-state index contributed by atoms with van der Waals surface area (Å²) in [5.74, 6) is -0.256. The first-order valence-corrected chi connectivity index (χ1v) is 11.7. The zero-order valence-corrected chi connectivity index (χ0v) is 16.1. The first-order valence-electron chi connectivity index (χ1n) is 8.39. The van der Waals surface area contributed by atoms with Crippen LogP contribution < -0.4 is 4.72 Å². The van der Waals surface area contributed by atoms with Crippen molar-refractivity contribution in [1.29, 1.82) is 0 Å². The Bertz CT molecular complexity index is 735. The molecule has 25 heavy (non-hydrogen) atoms. The van der Waals surface area contributed by atoms with Crippen molar-refractivity contribution >= 4 is 20.0 Å². The molecule has 1 heterocycles. The number of nitrogens with one attached hydrogen (secondary N) is 1. The van der Waals surface area contributed by atoms with E-state index in [1.165, 1.54) is 4.31 Å². The predicted octanol–water partition coefficient (Wildman–Crippen LogP) is 0.589. The molecule has 0 spiro atoms. The van der Waals surface area contributed by atoms with Gasteiger partial charge in [-0.1, -0.05) is 30.3 Å². The summed E-state index contributed by atoms with van der Waals surface area (Å²) < 4.78 is 57.6. The molecule has 0 saturated carbocycles. The molecule has 1 saturated heterocycles. The first-order chi connectivity index (χ1) is 11.8. The van der Waals surface area contributed by atoms with Gasteiger partial charge in [0.15, 0.2) is 0 Å². The zero-order valence-electron chi connectivity index (χ0n) is 14.4. The Hall–Kier alpha value is -1.00. The fourth-order valence-corrected chi connectivity index (χ4v) is 5.30. The standard InChI is InChI=1S/C16H26N2O5S2/c1-15-14-18(10-11-23-15)25(21,22)13-9-17-24(19,20)12-5-8-16-6-3-2-4-7-16/h2-4,6-7,15,17H,5,8-14H2,1H3. The Labute approximate surface area is 150 Å². The van der Waals surface area contributed by atoms with Gasteiger partial charge in [0.1, 0.15) is 0 Å². The van der Waals surface area contributed by atoms with Gasteiger partial charge < -0.3 is 4.74 Å². The SMILES string of the molecule is CC1CN(S(=O)(=O)CCNS(=O)(=O)CCCc2ccccc2)CCO1. The summed E-state index contributed by atoms with van der Waals surface area (Å²) in [6, 6.07) is 9.65. The van der Waals surface area contributed by atoms with E-state index < -0.39 is 20.0 Å². The predicted molar refractivity (Wildman–Crippen MR) is 97.3 cm³/mol. The maximum absolute atomic E-state index is 12.3. The largest absolute Gasteiger partial charge is 0.376 e. The van der Waals surface area contributed by atoms with Crippen LogP contribution in [0.2, 0.25) is 0 Å². The Morgan fingerprint density at radius 3 is 2.56 bits per heavy atom. The van der Waals surface area contributed by atoms with Crippen LogP contribution in [0, 0.1) is 0 Å². The van der Waals surface area contributed by atoms with Crippen LogP contribution in [-0.4, -0.2) is 65.0 Å². The van der Waals surface area contributed by atoms with E-state index in [1.807, 2.05) is 37.3 Å². The van der Waals surface area contributed by atoms with E-state index in [0.29, 0.717) is 32.5 Å². The van der Waals surface area contributed by atoms with Gasteiger partial charge in [-0.2, -0.15) is 4.31 Å². The summed E-state index contributed by atoms with van der Waals surface area (Å²) in [7, 11) is -6.95. The number of benzene rings is 1. The van der Waals surface area contributed by atoms with E-state index in [2.05, 4.69) is 4.72 Å². The molecule has 0 radical (unpaired) electrons. The van der Waals surface area contributed by atoms with E-state index in [0.717, 1.165) is 5.56 Å². The molecule has 1 aromatic carbocycles. The molecular formula is C16H26N2O5S2. The average molecular weight is 391 g/mol. The third-order valence-corrected chi connectivity index (χ3v) is 7.31. The van der Waals surface area contributed by atoms with Gasteiger partial charge in [0.25, 0.3) is 0 Å². The van der Waals surface area contributed by atoms with Crippen LogP contribution in [0.25, 0.3) is 0 Å². The summed E-state index contributed by atoms with van der Waals surface area (Å²) in [5, 5.41) is 0. The van der Waals surface area contributed by atoms with Gasteiger partial charge in [-0.3, -0.25) is 0 Å². The zero-order chi connectivity index (χ0) is 18.3. The van der Waals surface area contributed by atoms with Crippen molar-refractivity contribution in [3.8, 4) is 0 Å². The average Bonchev–Trinajstić information content (AvgIpc) is 2.55. The summed E-state index contributed by atoms with van der Waals surface area (Å²) >= 11 is 0. The van der Waals surface area contributed by atoms with Crippen LogP contribution >= 0.6 is 0 Å². The highest BCUT2D eigenvalue weighted by molar-refractivity contribution is 7.90. The summed E-state index contributed by atoms with van der Waals surface area (Å²) in [6.45, 7) is 2.70. The number of hydrogen-bond acceptors (Lipinski definition) is 5. The molecule has 1 N–H and O–H groups in total. The van der Waals surface area contributed by atoms with E-state index in [-0.39, 0.29) is 24.2 Å². The number of morpholine rings is 1. The second kappa shape index (κ2) is 9.09. The highest BCUT2D eigenvalue weighted by Crippen LogP contribution is 2.10. The third-order valence-electron chi connectivity index (χ3n) is 4.00. The fraction of sp³-hybridized carbons (Fsp3) is 0.625. The lowest BCUT2D eigenvalue weighted by Crippen LogP contribution is -2.46. The van der Waals surface area contributed by atoms with E-state index >= 15 is 0 Å². The van der Waals surface area contributed by atoms with Gasteiger partial charge in [0, 0.05) is 19.6 Å². The summed E-state index contributed by atoms with van der Waals surface area (Å²) in [4.78, 5) is 0. The second-order valence-electron chi connectivity index (χ2n) is 6.16. The molecule has 1 atom stereocenters. The first kappa shape index (κ1) is 20.3. The van der Waals surface area contributed by atoms with Crippen molar-refractivity contribution in [3.05, 3.63) is 35.9 Å².